The molecular formula is C19H26N2. The molecule has 1 atom stereocenters. The van der Waals surface area contributed by atoms with Crippen LogP contribution in [0.2, 0.25) is 0 Å². The standard InChI is InChI=1S/C19H26N2/c1-4-6-7-11-18(20-13-5-2)17-14-15(3)21-19-12-9-8-10-16(17)19/h4,8-10,12,14,18,20H,1,5-7,11,13H2,2-3H3. The van der Waals surface area contributed by atoms with Crippen LogP contribution in [0, 0.1) is 6.92 Å². The Morgan fingerprint density at radius 2 is 2.14 bits per heavy atom. The van der Waals surface area contributed by atoms with E-state index in [1.54, 1.807) is 0 Å². The zero-order valence-electron chi connectivity index (χ0n) is 13.2. The number of nitrogens with zero attached hydrogens (tertiary/aromatic N) is 1. The number of pyridine rings is 1. The first-order valence-corrected chi connectivity index (χ1v) is 7.96. The molecule has 1 unspecified atom stereocenters. The minimum Gasteiger partial charge on any atom is -0.310 e. The van der Waals surface area contributed by atoms with E-state index in [1.807, 2.05) is 6.08 Å². The van der Waals surface area contributed by atoms with Crippen molar-refractivity contribution in [1.29, 1.82) is 0 Å². The van der Waals surface area contributed by atoms with Crippen molar-refractivity contribution in [3.05, 3.63) is 54.2 Å². The topological polar surface area (TPSA) is 24.9 Å². The van der Waals surface area contributed by atoms with Gasteiger partial charge in [0, 0.05) is 17.1 Å². The molecule has 0 aliphatic carbocycles. The van der Waals surface area contributed by atoms with Gasteiger partial charge in [0.2, 0.25) is 0 Å². The largest absolute Gasteiger partial charge is 0.310 e. The van der Waals surface area contributed by atoms with Crippen LogP contribution in [-0.4, -0.2) is 11.5 Å². The summed E-state index contributed by atoms with van der Waals surface area (Å²) < 4.78 is 0. The van der Waals surface area contributed by atoms with Crippen LogP contribution in [0.1, 0.15) is 49.9 Å². The molecule has 0 bridgehead atoms. The molecule has 1 aromatic heterocycles. The Balaban J connectivity index is 2.35. The second kappa shape index (κ2) is 7.94. The maximum atomic E-state index is 4.65. The molecule has 1 N–H and O–H groups in total. The number of allylic oxidation sites excluding steroid dienone is 1. The predicted octanol–water partition coefficient (Wildman–Crippen LogP) is 4.94. The Hall–Kier alpha value is -1.67. The van der Waals surface area contributed by atoms with E-state index in [2.05, 4.69) is 61.1 Å². The monoisotopic (exact) mass is 282 g/mol. The smallest absolute Gasteiger partial charge is 0.0708 e. The van der Waals surface area contributed by atoms with E-state index in [0.717, 1.165) is 37.0 Å². The molecule has 1 heterocycles. The molecule has 1 aromatic carbocycles. The molecule has 0 radical (unpaired) electrons. The number of unbranched alkanes of at least 4 members (excludes halogenated alkanes) is 1. The van der Waals surface area contributed by atoms with E-state index < -0.39 is 0 Å². The van der Waals surface area contributed by atoms with Crippen molar-refractivity contribution in [2.75, 3.05) is 6.54 Å². The third-order valence-corrected chi connectivity index (χ3v) is 3.79. The number of benzene rings is 1. The van der Waals surface area contributed by atoms with Gasteiger partial charge in [0.05, 0.1) is 5.52 Å². The average Bonchev–Trinajstić information content (AvgIpc) is 2.50. The lowest BCUT2D eigenvalue weighted by atomic mass is 9.96. The van der Waals surface area contributed by atoms with Gasteiger partial charge in [-0.1, -0.05) is 31.2 Å². The quantitative estimate of drug-likeness (QED) is 0.548. The van der Waals surface area contributed by atoms with E-state index >= 15 is 0 Å². The molecule has 0 saturated carbocycles. The second-order valence-electron chi connectivity index (χ2n) is 5.60. The molecule has 0 aliphatic rings. The number of hydrogen-bond acceptors (Lipinski definition) is 2. The van der Waals surface area contributed by atoms with Gasteiger partial charge in [-0.3, -0.25) is 4.98 Å². The maximum Gasteiger partial charge on any atom is 0.0708 e. The Labute approximate surface area is 128 Å². The van der Waals surface area contributed by atoms with Gasteiger partial charge in [-0.2, -0.15) is 0 Å². The Morgan fingerprint density at radius 3 is 2.90 bits per heavy atom. The summed E-state index contributed by atoms with van der Waals surface area (Å²) in [6.45, 7) is 9.17. The van der Waals surface area contributed by atoms with Crippen LogP contribution in [0.3, 0.4) is 0 Å². The van der Waals surface area contributed by atoms with Crippen molar-refractivity contribution in [2.24, 2.45) is 0 Å². The lowest BCUT2D eigenvalue weighted by molar-refractivity contribution is 0.488. The van der Waals surface area contributed by atoms with Crippen LogP contribution < -0.4 is 5.32 Å². The summed E-state index contributed by atoms with van der Waals surface area (Å²) in [6, 6.07) is 11.1. The molecule has 0 spiro atoms. The van der Waals surface area contributed by atoms with Crippen LogP contribution in [0.5, 0.6) is 0 Å². The summed E-state index contributed by atoms with van der Waals surface area (Å²) in [7, 11) is 0. The average molecular weight is 282 g/mol. The van der Waals surface area contributed by atoms with Gasteiger partial charge in [-0.05, 0) is 56.8 Å². The molecule has 2 rings (SSSR count). The maximum absolute atomic E-state index is 4.65. The fourth-order valence-electron chi connectivity index (χ4n) is 2.78. The molecule has 0 fully saturated rings. The van der Waals surface area contributed by atoms with E-state index in [4.69, 9.17) is 0 Å². The zero-order valence-corrected chi connectivity index (χ0v) is 13.2. The number of hydrogen-bond donors (Lipinski definition) is 1. The summed E-state index contributed by atoms with van der Waals surface area (Å²) in [6.07, 6.45) is 6.54. The van der Waals surface area contributed by atoms with E-state index in [1.165, 1.54) is 17.4 Å². The van der Waals surface area contributed by atoms with Crippen LogP contribution >= 0.6 is 0 Å². The lowest BCUT2D eigenvalue weighted by Crippen LogP contribution is -2.22. The molecular weight excluding hydrogens is 256 g/mol. The number of aromatic nitrogens is 1. The summed E-state index contributed by atoms with van der Waals surface area (Å²) in [5, 5.41) is 4.98. The predicted molar refractivity (Wildman–Crippen MR) is 91.6 cm³/mol. The van der Waals surface area contributed by atoms with Crippen molar-refractivity contribution in [3.8, 4) is 0 Å². The molecule has 0 saturated heterocycles. The van der Waals surface area contributed by atoms with Gasteiger partial charge in [-0.15, -0.1) is 6.58 Å². The highest BCUT2D eigenvalue weighted by atomic mass is 14.9. The summed E-state index contributed by atoms with van der Waals surface area (Å²) in [5.74, 6) is 0. The van der Waals surface area contributed by atoms with Crippen molar-refractivity contribution in [1.82, 2.24) is 10.3 Å². The first-order chi connectivity index (χ1) is 10.3. The van der Waals surface area contributed by atoms with Crippen LogP contribution in [0.15, 0.2) is 43.0 Å². The molecule has 2 heteroatoms. The fourth-order valence-corrected chi connectivity index (χ4v) is 2.78. The third kappa shape index (κ3) is 4.15. The number of nitrogens with one attached hydrogen (secondary N) is 1. The first kappa shape index (κ1) is 15.7. The highest BCUT2D eigenvalue weighted by Crippen LogP contribution is 2.27. The third-order valence-electron chi connectivity index (χ3n) is 3.79. The lowest BCUT2D eigenvalue weighted by Gasteiger charge is -2.21. The van der Waals surface area contributed by atoms with Gasteiger partial charge in [0.1, 0.15) is 0 Å². The number of aryl methyl sites for hydroxylation is 1. The summed E-state index contributed by atoms with van der Waals surface area (Å²) in [4.78, 5) is 4.65. The Morgan fingerprint density at radius 1 is 1.33 bits per heavy atom. The van der Waals surface area contributed by atoms with Crippen LogP contribution in [0.25, 0.3) is 10.9 Å². The highest BCUT2D eigenvalue weighted by molar-refractivity contribution is 5.82. The fraction of sp³-hybridized carbons (Fsp3) is 0.421. The molecule has 2 nitrogen and oxygen atoms in total. The van der Waals surface area contributed by atoms with E-state index in [-0.39, 0.29) is 0 Å². The van der Waals surface area contributed by atoms with Crippen LogP contribution in [0.4, 0.5) is 0 Å². The SMILES string of the molecule is C=CCCCC(NCCC)c1cc(C)nc2ccccc12. The van der Waals surface area contributed by atoms with Gasteiger partial charge in [-0.25, -0.2) is 0 Å². The molecule has 112 valence electrons. The minimum absolute atomic E-state index is 0.400. The van der Waals surface area contributed by atoms with Crippen molar-refractivity contribution >= 4 is 10.9 Å². The number of rotatable bonds is 8. The molecule has 0 aliphatic heterocycles. The van der Waals surface area contributed by atoms with Gasteiger partial charge >= 0.3 is 0 Å². The molecule has 2 aromatic rings. The normalized spacial score (nSPS) is 12.5. The van der Waals surface area contributed by atoms with E-state index in [9.17, 15) is 0 Å². The first-order valence-electron chi connectivity index (χ1n) is 7.96. The number of para-hydroxylation sites is 1. The number of fused-ring (bicyclic) bond motifs is 1. The van der Waals surface area contributed by atoms with Crippen molar-refractivity contribution < 1.29 is 0 Å². The Kier molecular flexibility index (Phi) is 5.94. The molecule has 0 amide bonds. The van der Waals surface area contributed by atoms with Crippen LogP contribution in [-0.2, 0) is 0 Å². The van der Waals surface area contributed by atoms with Gasteiger partial charge in [0.25, 0.3) is 0 Å². The van der Waals surface area contributed by atoms with Gasteiger partial charge in [0.15, 0.2) is 0 Å². The minimum atomic E-state index is 0.400. The second-order valence-corrected chi connectivity index (χ2v) is 5.60. The highest BCUT2D eigenvalue weighted by Gasteiger charge is 2.14. The van der Waals surface area contributed by atoms with Crippen molar-refractivity contribution in [3.63, 3.8) is 0 Å². The Bertz CT molecular complexity index is 589. The summed E-state index contributed by atoms with van der Waals surface area (Å²) >= 11 is 0. The van der Waals surface area contributed by atoms with E-state index in [0.29, 0.717) is 6.04 Å². The summed E-state index contributed by atoms with van der Waals surface area (Å²) in [5.41, 5.74) is 3.57. The molecule has 21 heavy (non-hydrogen) atoms. The van der Waals surface area contributed by atoms with Crippen molar-refractivity contribution in [2.45, 2.75) is 45.6 Å². The zero-order chi connectivity index (χ0) is 15.1. The van der Waals surface area contributed by atoms with Gasteiger partial charge < -0.3 is 5.32 Å².